The van der Waals surface area contributed by atoms with E-state index in [1.165, 1.54) is 0 Å². The molecule has 0 aliphatic heterocycles. The average Bonchev–Trinajstić information content (AvgIpc) is 2.87. The zero-order valence-corrected chi connectivity index (χ0v) is 19.8. The van der Waals surface area contributed by atoms with Crippen molar-refractivity contribution in [2.45, 2.75) is 45.8 Å². The van der Waals surface area contributed by atoms with Crippen LogP contribution in [0.15, 0.2) is 91.0 Å². The second-order valence-electron chi connectivity index (χ2n) is 7.85. The van der Waals surface area contributed by atoms with Crippen molar-refractivity contribution >= 4 is 24.3 Å². The van der Waals surface area contributed by atoms with Crippen LogP contribution >= 0.6 is 7.72 Å². The fourth-order valence-corrected chi connectivity index (χ4v) is 6.73. The van der Waals surface area contributed by atoms with E-state index in [9.17, 15) is 9.90 Å². The van der Waals surface area contributed by atoms with Gasteiger partial charge in [-0.3, -0.25) is 4.52 Å². The number of carbonyl (C=O) groups excluding carboxylic acids is 1. The Morgan fingerprint density at radius 1 is 0.812 bits per heavy atom. The summed E-state index contributed by atoms with van der Waals surface area (Å²) < 4.78 is 13.2. The van der Waals surface area contributed by atoms with Crippen LogP contribution < -0.4 is 10.6 Å². The summed E-state index contributed by atoms with van der Waals surface area (Å²) in [7, 11) is -3.06. The number of hydrogen-bond acceptors (Lipinski definition) is 4. The van der Waals surface area contributed by atoms with E-state index in [-0.39, 0.29) is 12.0 Å². The smallest absolute Gasteiger partial charge is 0.391 e. The predicted molar refractivity (Wildman–Crippen MR) is 132 cm³/mol. The zero-order chi connectivity index (χ0) is 23.0. The summed E-state index contributed by atoms with van der Waals surface area (Å²) in [5.74, 6) is -0.544. The van der Waals surface area contributed by atoms with Crippen molar-refractivity contribution < 1.29 is 18.9 Å². The fourth-order valence-electron chi connectivity index (χ4n) is 3.74. The summed E-state index contributed by atoms with van der Waals surface area (Å²) in [5.41, 5.74) is 0.474. The summed E-state index contributed by atoms with van der Waals surface area (Å²) in [6.07, 6.45) is 0.524. The highest BCUT2D eigenvalue weighted by Crippen LogP contribution is 2.61. The maximum Gasteiger partial charge on any atom is 0.391 e. The lowest BCUT2D eigenvalue weighted by Gasteiger charge is -2.31. The number of rotatable bonds is 10. The van der Waals surface area contributed by atoms with Gasteiger partial charge in [0.25, 0.3) is 0 Å². The van der Waals surface area contributed by atoms with Crippen LogP contribution in [0.4, 0.5) is 0 Å². The molecule has 4 nitrogen and oxygen atoms in total. The molecule has 0 spiro atoms. The Hall–Kier alpha value is -2.52. The molecule has 32 heavy (non-hydrogen) atoms. The van der Waals surface area contributed by atoms with Gasteiger partial charge in [-0.25, -0.2) is 4.79 Å². The summed E-state index contributed by atoms with van der Waals surface area (Å²) >= 11 is 0. The van der Waals surface area contributed by atoms with Gasteiger partial charge in [0, 0.05) is 5.92 Å². The molecular weight excluding hydrogens is 419 g/mol. The zero-order valence-electron chi connectivity index (χ0n) is 18.9. The molecule has 0 radical (unpaired) electrons. The molecule has 3 aromatic rings. The van der Waals surface area contributed by atoms with Crippen LogP contribution in [0.2, 0.25) is 0 Å². The third-order valence-electron chi connectivity index (χ3n) is 5.71. The highest BCUT2D eigenvalue weighted by molar-refractivity contribution is 7.81. The Balaban J connectivity index is 2.14. The number of hydrogen-bond donors (Lipinski definition) is 1. The van der Waals surface area contributed by atoms with Gasteiger partial charge in [0.05, 0.1) is 11.7 Å². The molecule has 3 rings (SSSR count). The molecule has 1 N–H and O–H groups in total. The normalized spacial score (nSPS) is 14.4. The predicted octanol–water partition coefficient (Wildman–Crippen LogP) is 5.54. The molecule has 168 valence electrons. The van der Waals surface area contributed by atoms with Gasteiger partial charge in [-0.2, -0.15) is 4.52 Å². The van der Waals surface area contributed by atoms with E-state index in [0.29, 0.717) is 18.4 Å². The Morgan fingerprint density at radius 2 is 1.28 bits per heavy atom. The van der Waals surface area contributed by atoms with Crippen LogP contribution in [-0.2, 0) is 9.05 Å². The standard InChI is InChI=1S/C27H32O4P/c1-4-25(28)21(3)26(5-2)30-32(23-17-11-7-12-18-23,24-19-13-8-14-20-24)31-27(29)22-15-9-6-10-16-22/h6-21,25-26,28H,4-5H2,1-3H3/q+1. The van der Waals surface area contributed by atoms with Crippen molar-refractivity contribution in [3.05, 3.63) is 96.6 Å². The highest BCUT2D eigenvalue weighted by Gasteiger charge is 2.54. The summed E-state index contributed by atoms with van der Waals surface area (Å²) in [5, 5.41) is 12.2. The van der Waals surface area contributed by atoms with Crippen molar-refractivity contribution in [3.8, 4) is 0 Å². The van der Waals surface area contributed by atoms with Crippen molar-refractivity contribution in [3.63, 3.8) is 0 Å². The number of carbonyl (C=O) groups is 1. The molecule has 0 aromatic heterocycles. The van der Waals surface area contributed by atoms with Crippen LogP contribution in [0.25, 0.3) is 0 Å². The molecule has 3 atom stereocenters. The third-order valence-corrected chi connectivity index (χ3v) is 8.66. The first-order chi connectivity index (χ1) is 15.5. The average molecular weight is 452 g/mol. The topological polar surface area (TPSA) is 55.8 Å². The quantitative estimate of drug-likeness (QED) is 0.411. The van der Waals surface area contributed by atoms with Gasteiger partial charge in [0.15, 0.2) is 10.6 Å². The van der Waals surface area contributed by atoms with Crippen LogP contribution in [0.3, 0.4) is 0 Å². The number of aliphatic hydroxyl groups is 1. The molecule has 0 heterocycles. The number of aliphatic hydroxyl groups excluding tert-OH is 1. The molecule has 0 aliphatic rings. The van der Waals surface area contributed by atoms with Gasteiger partial charge in [-0.15, -0.1) is 0 Å². The van der Waals surface area contributed by atoms with Gasteiger partial charge < -0.3 is 5.11 Å². The lowest BCUT2D eigenvalue weighted by atomic mass is 9.95. The van der Waals surface area contributed by atoms with E-state index in [1.807, 2.05) is 99.6 Å². The van der Waals surface area contributed by atoms with Crippen LogP contribution in [0.5, 0.6) is 0 Å². The Labute approximate surface area is 191 Å². The Morgan fingerprint density at radius 3 is 1.72 bits per heavy atom. The fraction of sp³-hybridized carbons (Fsp3) is 0.296. The van der Waals surface area contributed by atoms with Crippen LogP contribution in [0.1, 0.15) is 44.0 Å². The second kappa shape index (κ2) is 11.4. The Kier molecular flexibility index (Phi) is 8.58. The van der Waals surface area contributed by atoms with E-state index in [4.69, 9.17) is 9.05 Å². The minimum Gasteiger partial charge on any atom is -0.393 e. The maximum atomic E-state index is 13.3. The SMILES string of the molecule is CCC(O)C(C)C(CC)O[P+](OC(=O)c1ccccc1)(c1ccccc1)c1ccccc1. The molecular formula is C27H32O4P+. The van der Waals surface area contributed by atoms with E-state index >= 15 is 0 Å². The molecule has 3 unspecified atom stereocenters. The van der Waals surface area contributed by atoms with Crippen molar-refractivity contribution in [2.75, 3.05) is 0 Å². The van der Waals surface area contributed by atoms with E-state index in [0.717, 1.165) is 10.6 Å². The molecule has 0 amide bonds. The van der Waals surface area contributed by atoms with Crippen LogP contribution in [-0.4, -0.2) is 23.3 Å². The molecule has 0 bridgehead atoms. The molecule has 0 aliphatic carbocycles. The van der Waals surface area contributed by atoms with Crippen molar-refractivity contribution in [2.24, 2.45) is 5.92 Å². The first-order valence-corrected chi connectivity index (χ1v) is 12.8. The summed E-state index contributed by atoms with van der Waals surface area (Å²) in [4.78, 5) is 13.3. The van der Waals surface area contributed by atoms with E-state index in [1.54, 1.807) is 12.1 Å². The van der Waals surface area contributed by atoms with E-state index < -0.39 is 19.8 Å². The molecule has 5 heteroatoms. The third kappa shape index (κ3) is 5.45. The van der Waals surface area contributed by atoms with E-state index in [2.05, 4.69) is 0 Å². The minimum absolute atomic E-state index is 0.118. The van der Waals surface area contributed by atoms with Gasteiger partial charge in [0.1, 0.15) is 6.10 Å². The molecule has 3 aromatic carbocycles. The van der Waals surface area contributed by atoms with Crippen molar-refractivity contribution in [1.82, 2.24) is 0 Å². The second-order valence-corrected chi connectivity index (χ2v) is 10.4. The minimum atomic E-state index is -3.06. The maximum absolute atomic E-state index is 13.3. The molecule has 0 saturated carbocycles. The van der Waals surface area contributed by atoms with Gasteiger partial charge in [-0.1, -0.05) is 75.4 Å². The highest BCUT2D eigenvalue weighted by atomic mass is 31.2. The largest absolute Gasteiger partial charge is 0.393 e. The van der Waals surface area contributed by atoms with Gasteiger partial charge >= 0.3 is 13.7 Å². The lowest BCUT2D eigenvalue weighted by molar-refractivity contribution is 0.0283. The molecule has 0 fully saturated rings. The lowest BCUT2D eigenvalue weighted by Crippen LogP contribution is -2.37. The summed E-state index contributed by atoms with van der Waals surface area (Å²) in [6, 6.07) is 28.4. The molecule has 0 saturated heterocycles. The monoisotopic (exact) mass is 451 g/mol. The Bertz CT molecular complexity index is 923. The van der Waals surface area contributed by atoms with Gasteiger partial charge in [0.2, 0.25) is 0 Å². The number of benzene rings is 3. The summed E-state index contributed by atoms with van der Waals surface area (Å²) in [6.45, 7) is 5.99. The first kappa shape index (κ1) is 24.1. The first-order valence-electron chi connectivity index (χ1n) is 11.2. The van der Waals surface area contributed by atoms with Crippen LogP contribution in [0, 0.1) is 5.92 Å². The van der Waals surface area contributed by atoms with Crippen molar-refractivity contribution in [1.29, 1.82) is 0 Å². The van der Waals surface area contributed by atoms with Gasteiger partial charge in [-0.05, 0) is 49.2 Å².